The predicted octanol–water partition coefficient (Wildman–Crippen LogP) is 5.48. The van der Waals surface area contributed by atoms with Crippen LogP contribution in [0.5, 0.6) is 0 Å². The van der Waals surface area contributed by atoms with Gasteiger partial charge in [-0.1, -0.05) is 97.4 Å². The molecule has 0 unspecified atom stereocenters. The highest BCUT2D eigenvalue weighted by atomic mass is 16.2. The van der Waals surface area contributed by atoms with Crippen molar-refractivity contribution in [3.05, 3.63) is 107 Å². The number of nitrogens with one attached hydrogen (secondary N) is 1. The summed E-state index contributed by atoms with van der Waals surface area (Å²) in [7, 11) is 0. The molecule has 4 heteroatoms. The first kappa shape index (κ1) is 25.2. The van der Waals surface area contributed by atoms with Crippen molar-refractivity contribution in [2.75, 3.05) is 0 Å². The van der Waals surface area contributed by atoms with Crippen molar-refractivity contribution in [1.82, 2.24) is 10.2 Å². The molecule has 0 aliphatic heterocycles. The zero-order valence-electron chi connectivity index (χ0n) is 20.5. The van der Waals surface area contributed by atoms with Crippen LogP contribution >= 0.6 is 0 Å². The molecule has 0 bridgehead atoms. The molecule has 3 aromatic rings. The molecule has 0 fully saturated rings. The average molecular weight is 457 g/mol. The SMILES string of the molecule is CC[C@H](C)NC(=O)[C@@H](Cc1ccccc1)N(Cc1ccccc1)C(=O)CCc1ccc(C)cc1. The molecule has 3 rings (SSSR count). The summed E-state index contributed by atoms with van der Waals surface area (Å²) in [5.74, 6) is -0.109. The summed E-state index contributed by atoms with van der Waals surface area (Å²) in [6, 6.07) is 27.6. The van der Waals surface area contributed by atoms with Crippen LogP contribution in [-0.4, -0.2) is 28.8 Å². The lowest BCUT2D eigenvalue weighted by atomic mass is 10.0. The van der Waals surface area contributed by atoms with Crippen LogP contribution < -0.4 is 5.32 Å². The molecule has 2 amide bonds. The normalized spacial score (nSPS) is 12.6. The molecular weight excluding hydrogens is 420 g/mol. The first-order valence-electron chi connectivity index (χ1n) is 12.2. The number of hydrogen-bond donors (Lipinski definition) is 1. The van der Waals surface area contributed by atoms with Crippen molar-refractivity contribution in [1.29, 1.82) is 0 Å². The molecule has 1 N–H and O–H groups in total. The fourth-order valence-corrected chi connectivity index (χ4v) is 3.92. The number of hydrogen-bond acceptors (Lipinski definition) is 2. The van der Waals surface area contributed by atoms with E-state index >= 15 is 0 Å². The summed E-state index contributed by atoms with van der Waals surface area (Å²) < 4.78 is 0. The second-order valence-electron chi connectivity index (χ2n) is 9.02. The van der Waals surface area contributed by atoms with Crippen molar-refractivity contribution in [2.45, 2.75) is 65.1 Å². The zero-order valence-corrected chi connectivity index (χ0v) is 20.5. The average Bonchev–Trinajstić information content (AvgIpc) is 2.86. The number of amides is 2. The Bertz CT molecular complexity index is 1030. The zero-order chi connectivity index (χ0) is 24.3. The highest BCUT2D eigenvalue weighted by molar-refractivity contribution is 5.88. The Morgan fingerprint density at radius 3 is 2.00 bits per heavy atom. The van der Waals surface area contributed by atoms with Crippen LogP contribution in [0, 0.1) is 6.92 Å². The summed E-state index contributed by atoms with van der Waals surface area (Å²) in [4.78, 5) is 28.9. The van der Waals surface area contributed by atoms with Gasteiger partial charge >= 0.3 is 0 Å². The van der Waals surface area contributed by atoms with E-state index in [1.807, 2.05) is 74.5 Å². The largest absolute Gasteiger partial charge is 0.352 e. The maximum absolute atomic E-state index is 13.6. The van der Waals surface area contributed by atoms with Gasteiger partial charge in [0.1, 0.15) is 6.04 Å². The molecule has 178 valence electrons. The fourth-order valence-electron chi connectivity index (χ4n) is 3.92. The molecule has 0 spiro atoms. The first-order chi connectivity index (χ1) is 16.5. The maximum Gasteiger partial charge on any atom is 0.243 e. The minimum absolute atomic E-state index is 0.00957. The molecule has 0 aliphatic rings. The lowest BCUT2D eigenvalue weighted by Gasteiger charge is -2.32. The van der Waals surface area contributed by atoms with Crippen LogP contribution in [0.2, 0.25) is 0 Å². The Labute approximate surface area is 204 Å². The van der Waals surface area contributed by atoms with Gasteiger partial charge in [0, 0.05) is 25.4 Å². The van der Waals surface area contributed by atoms with Gasteiger partial charge in [-0.15, -0.1) is 0 Å². The summed E-state index contributed by atoms with van der Waals surface area (Å²) in [5.41, 5.74) is 4.38. The predicted molar refractivity (Wildman–Crippen MR) is 138 cm³/mol. The van der Waals surface area contributed by atoms with Crippen molar-refractivity contribution < 1.29 is 9.59 Å². The quantitative estimate of drug-likeness (QED) is 0.415. The van der Waals surface area contributed by atoms with Crippen LogP contribution in [0.25, 0.3) is 0 Å². The van der Waals surface area contributed by atoms with Gasteiger partial charge in [-0.25, -0.2) is 0 Å². The van der Waals surface area contributed by atoms with Crippen LogP contribution in [0.4, 0.5) is 0 Å². The summed E-state index contributed by atoms with van der Waals surface area (Å²) in [6.07, 6.45) is 2.32. The molecular formula is C30H36N2O2. The summed E-state index contributed by atoms with van der Waals surface area (Å²) in [6.45, 7) is 6.50. The van der Waals surface area contributed by atoms with Gasteiger partial charge in [-0.05, 0) is 43.4 Å². The van der Waals surface area contributed by atoms with E-state index in [0.717, 1.165) is 23.1 Å². The van der Waals surface area contributed by atoms with E-state index in [2.05, 4.69) is 36.5 Å². The Kier molecular flexibility index (Phi) is 9.45. The van der Waals surface area contributed by atoms with E-state index in [1.54, 1.807) is 4.90 Å². The Morgan fingerprint density at radius 1 is 0.824 bits per heavy atom. The second kappa shape index (κ2) is 12.7. The van der Waals surface area contributed by atoms with Gasteiger partial charge < -0.3 is 10.2 Å². The minimum Gasteiger partial charge on any atom is -0.352 e. The molecule has 0 aliphatic carbocycles. The Morgan fingerprint density at radius 2 is 1.41 bits per heavy atom. The van der Waals surface area contributed by atoms with Gasteiger partial charge in [0.05, 0.1) is 0 Å². The monoisotopic (exact) mass is 456 g/mol. The van der Waals surface area contributed by atoms with Crippen LogP contribution in [-0.2, 0) is 29.0 Å². The highest BCUT2D eigenvalue weighted by Gasteiger charge is 2.30. The number of carbonyl (C=O) groups is 2. The van der Waals surface area contributed by atoms with Gasteiger partial charge in [-0.3, -0.25) is 9.59 Å². The van der Waals surface area contributed by atoms with Crippen LogP contribution in [0.3, 0.4) is 0 Å². The number of aryl methyl sites for hydroxylation is 2. The highest BCUT2D eigenvalue weighted by Crippen LogP contribution is 2.17. The minimum atomic E-state index is -0.581. The van der Waals surface area contributed by atoms with E-state index < -0.39 is 6.04 Å². The molecule has 0 heterocycles. The number of rotatable bonds is 11. The third-order valence-corrected chi connectivity index (χ3v) is 6.22. The van der Waals surface area contributed by atoms with Gasteiger partial charge in [0.2, 0.25) is 11.8 Å². The molecule has 0 aromatic heterocycles. The molecule has 34 heavy (non-hydrogen) atoms. The van der Waals surface area contributed by atoms with Crippen molar-refractivity contribution in [2.24, 2.45) is 0 Å². The molecule has 2 atom stereocenters. The van der Waals surface area contributed by atoms with E-state index in [0.29, 0.717) is 25.8 Å². The number of nitrogens with zero attached hydrogens (tertiary/aromatic N) is 1. The topological polar surface area (TPSA) is 49.4 Å². The summed E-state index contributed by atoms with van der Waals surface area (Å²) >= 11 is 0. The molecule has 0 saturated heterocycles. The van der Waals surface area contributed by atoms with E-state index in [9.17, 15) is 9.59 Å². The van der Waals surface area contributed by atoms with E-state index in [1.165, 1.54) is 5.56 Å². The number of benzene rings is 3. The number of carbonyl (C=O) groups excluding carboxylic acids is 2. The van der Waals surface area contributed by atoms with Crippen molar-refractivity contribution in [3.63, 3.8) is 0 Å². The maximum atomic E-state index is 13.6. The second-order valence-corrected chi connectivity index (χ2v) is 9.02. The summed E-state index contributed by atoms with van der Waals surface area (Å²) in [5, 5.41) is 3.12. The van der Waals surface area contributed by atoms with Gasteiger partial charge in [0.15, 0.2) is 0 Å². The van der Waals surface area contributed by atoms with Crippen LogP contribution in [0.1, 0.15) is 48.9 Å². The molecule has 0 radical (unpaired) electrons. The fraction of sp³-hybridized carbons (Fsp3) is 0.333. The molecule has 3 aromatic carbocycles. The third-order valence-electron chi connectivity index (χ3n) is 6.22. The Balaban J connectivity index is 1.88. The smallest absolute Gasteiger partial charge is 0.243 e. The lowest BCUT2D eigenvalue weighted by molar-refractivity contribution is -0.141. The van der Waals surface area contributed by atoms with Gasteiger partial charge in [0.25, 0.3) is 0 Å². The molecule has 0 saturated carbocycles. The van der Waals surface area contributed by atoms with Gasteiger partial charge in [-0.2, -0.15) is 0 Å². The first-order valence-corrected chi connectivity index (χ1v) is 12.2. The lowest BCUT2D eigenvalue weighted by Crippen LogP contribution is -2.52. The Hall–Kier alpha value is -3.40. The van der Waals surface area contributed by atoms with E-state index in [-0.39, 0.29) is 17.9 Å². The van der Waals surface area contributed by atoms with Crippen LogP contribution in [0.15, 0.2) is 84.9 Å². The van der Waals surface area contributed by atoms with Crippen molar-refractivity contribution in [3.8, 4) is 0 Å². The standard InChI is InChI=1S/C30H36N2O2/c1-4-24(3)31-30(34)28(21-26-11-7-5-8-12-26)32(22-27-13-9-6-10-14-27)29(33)20-19-25-17-15-23(2)16-18-25/h5-18,24,28H,4,19-22H2,1-3H3,(H,31,34)/t24-,28+/m0/s1. The van der Waals surface area contributed by atoms with Crippen molar-refractivity contribution >= 4 is 11.8 Å². The van der Waals surface area contributed by atoms with E-state index in [4.69, 9.17) is 0 Å². The third kappa shape index (κ3) is 7.58. The molecule has 4 nitrogen and oxygen atoms in total.